The predicted molar refractivity (Wildman–Crippen MR) is 100 cm³/mol. The summed E-state index contributed by atoms with van der Waals surface area (Å²) >= 11 is 0. The number of fused-ring (bicyclic) bond motifs is 1. The van der Waals surface area contributed by atoms with E-state index in [9.17, 15) is 4.79 Å². The van der Waals surface area contributed by atoms with Crippen LogP contribution in [0.1, 0.15) is 36.3 Å². The maximum absolute atomic E-state index is 12.8. The van der Waals surface area contributed by atoms with E-state index in [-0.39, 0.29) is 17.9 Å². The Morgan fingerprint density at radius 3 is 2.58 bits per heavy atom. The Morgan fingerprint density at radius 2 is 1.77 bits per heavy atom. The molecule has 1 atom stereocenters. The molecule has 0 aromatic heterocycles. The first kappa shape index (κ1) is 17.1. The molecule has 0 radical (unpaired) electrons. The summed E-state index contributed by atoms with van der Waals surface area (Å²) in [6.07, 6.45) is 2.50. The van der Waals surface area contributed by atoms with Crippen LogP contribution in [0, 0.1) is 0 Å². The Kier molecular flexibility index (Phi) is 5.21. The number of hydrogen-bond acceptors (Lipinski definition) is 3. The van der Waals surface area contributed by atoms with Crippen molar-refractivity contribution in [3.63, 3.8) is 0 Å². The van der Waals surface area contributed by atoms with Crippen LogP contribution in [0.2, 0.25) is 0 Å². The van der Waals surface area contributed by atoms with E-state index in [4.69, 9.17) is 9.47 Å². The van der Waals surface area contributed by atoms with Gasteiger partial charge in [-0.25, -0.2) is 0 Å². The minimum absolute atomic E-state index is 0.172. The molecule has 2 aromatic rings. The van der Waals surface area contributed by atoms with Crippen LogP contribution < -0.4 is 4.74 Å². The lowest BCUT2D eigenvalue weighted by Gasteiger charge is -2.34. The van der Waals surface area contributed by atoms with Crippen LogP contribution in [0.25, 0.3) is 0 Å². The molecule has 4 rings (SSSR count). The van der Waals surface area contributed by atoms with Gasteiger partial charge in [0.25, 0.3) is 0 Å². The summed E-state index contributed by atoms with van der Waals surface area (Å²) in [5.41, 5.74) is 2.49. The summed E-state index contributed by atoms with van der Waals surface area (Å²) in [6, 6.07) is 18.2. The molecular weight excluding hydrogens is 326 g/mol. The van der Waals surface area contributed by atoms with Gasteiger partial charge >= 0.3 is 0 Å². The van der Waals surface area contributed by atoms with Crippen LogP contribution in [0.3, 0.4) is 0 Å². The number of ether oxygens (including phenoxy) is 2. The molecule has 26 heavy (non-hydrogen) atoms. The standard InChI is InChI=1S/C22H25NO3/c24-22(14-18-16-25-15-17-6-4-5-9-21(17)18)23-12-10-20(11-13-23)26-19-7-2-1-3-8-19/h1-9,18,20H,10-16H2. The number of benzene rings is 2. The Balaban J connectivity index is 1.30. The van der Waals surface area contributed by atoms with Gasteiger partial charge in [-0.05, 0) is 23.3 Å². The zero-order chi connectivity index (χ0) is 17.8. The van der Waals surface area contributed by atoms with Gasteiger partial charge in [0.15, 0.2) is 0 Å². The first-order chi connectivity index (χ1) is 12.8. The van der Waals surface area contributed by atoms with E-state index in [1.54, 1.807) is 0 Å². The van der Waals surface area contributed by atoms with Crippen LogP contribution >= 0.6 is 0 Å². The predicted octanol–water partition coefficient (Wildman–Crippen LogP) is 3.76. The van der Waals surface area contributed by atoms with Crippen molar-refractivity contribution in [2.75, 3.05) is 19.7 Å². The zero-order valence-corrected chi connectivity index (χ0v) is 15.0. The van der Waals surface area contributed by atoms with E-state index in [1.807, 2.05) is 47.4 Å². The fourth-order valence-electron chi connectivity index (χ4n) is 3.89. The molecule has 0 N–H and O–H groups in total. The van der Waals surface area contributed by atoms with Gasteiger partial charge in [0.2, 0.25) is 5.91 Å². The maximum atomic E-state index is 12.8. The van der Waals surface area contributed by atoms with Crippen LogP contribution in [-0.2, 0) is 16.1 Å². The molecule has 0 bridgehead atoms. The van der Waals surface area contributed by atoms with Crippen molar-refractivity contribution in [3.05, 3.63) is 65.7 Å². The van der Waals surface area contributed by atoms with Gasteiger partial charge in [-0.1, -0.05) is 42.5 Å². The van der Waals surface area contributed by atoms with Gasteiger partial charge in [-0.15, -0.1) is 0 Å². The average Bonchev–Trinajstić information content (AvgIpc) is 2.70. The second-order valence-corrected chi connectivity index (χ2v) is 7.13. The summed E-state index contributed by atoms with van der Waals surface area (Å²) in [7, 11) is 0. The number of likely N-dealkylation sites (tertiary alicyclic amines) is 1. The lowest BCUT2D eigenvalue weighted by atomic mass is 9.90. The Hall–Kier alpha value is -2.33. The monoisotopic (exact) mass is 351 g/mol. The summed E-state index contributed by atoms with van der Waals surface area (Å²) in [4.78, 5) is 14.8. The molecule has 2 aliphatic heterocycles. The molecule has 1 amide bonds. The average molecular weight is 351 g/mol. The summed E-state index contributed by atoms with van der Waals surface area (Å²) in [5.74, 6) is 1.31. The highest BCUT2D eigenvalue weighted by Gasteiger charge is 2.28. The van der Waals surface area contributed by atoms with Crippen molar-refractivity contribution >= 4 is 5.91 Å². The largest absolute Gasteiger partial charge is 0.490 e. The lowest BCUT2D eigenvalue weighted by molar-refractivity contribution is -0.133. The second-order valence-electron chi connectivity index (χ2n) is 7.13. The van der Waals surface area contributed by atoms with E-state index in [1.165, 1.54) is 11.1 Å². The fourth-order valence-corrected chi connectivity index (χ4v) is 3.89. The summed E-state index contributed by atoms with van der Waals surface area (Å²) in [5, 5.41) is 0. The number of para-hydroxylation sites is 1. The highest BCUT2D eigenvalue weighted by Crippen LogP contribution is 2.30. The van der Waals surface area contributed by atoms with E-state index >= 15 is 0 Å². The molecule has 0 spiro atoms. The molecular formula is C22H25NO3. The fraction of sp³-hybridized carbons (Fsp3) is 0.409. The van der Waals surface area contributed by atoms with Crippen LogP contribution in [0.4, 0.5) is 0 Å². The highest BCUT2D eigenvalue weighted by atomic mass is 16.5. The van der Waals surface area contributed by atoms with E-state index in [0.29, 0.717) is 19.6 Å². The normalized spacial score (nSPS) is 20.5. The zero-order valence-electron chi connectivity index (χ0n) is 15.0. The quantitative estimate of drug-likeness (QED) is 0.842. The first-order valence-corrected chi connectivity index (χ1v) is 9.44. The smallest absolute Gasteiger partial charge is 0.223 e. The van der Waals surface area contributed by atoms with Gasteiger partial charge in [0.05, 0.1) is 13.2 Å². The Labute approximate surface area is 154 Å². The molecule has 0 aliphatic carbocycles. The number of carbonyl (C=O) groups excluding carboxylic acids is 1. The maximum Gasteiger partial charge on any atom is 0.223 e. The topological polar surface area (TPSA) is 38.8 Å². The molecule has 1 unspecified atom stereocenters. The van der Waals surface area contributed by atoms with Crippen molar-refractivity contribution in [1.82, 2.24) is 4.90 Å². The number of carbonyl (C=O) groups is 1. The minimum atomic E-state index is 0.172. The van der Waals surface area contributed by atoms with Crippen LogP contribution in [-0.4, -0.2) is 36.6 Å². The highest BCUT2D eigenvalue weighted by molar-refractivity contribution is 5.77. The van der Waals surface area contributed by atoms with Crippen LogP contribution in [0.5, 0.6) is 5.75 Å². The van der Waals surface area contributed by atoms with Gasteiger partial charge in [0, 0.05) is 38.3 Å². The molecule has 2 aromatic carbocycles. The third-order valence-corrected chi connectivity index (χ3v) is 5.33. The number of hydrogen-bond donors (Lipinski definition) is 0. The van der Waals surface area contributed by atoms with Crippen molar-refractivity contribution in [3.8, 4) is 5.75 Å². The van der Waals surface area contributed by atoms with Crippen molar-refractivity contribution in [1.29, 1.82) is 0 Å². The molecule has 2 heterocycles. The third kappa shape index (κ3) is 3.91. The lowest BCUT2D eigenvalue weighted by Crippen LogP contribution is -2.42. The Morgan fingerprint density at radius 1 is 1.04 bits per heavy atom. The van der Waals surface area contributed by atoms with Crippen molar-refractivity contribution in [2.45, 2.75) is 37.9 Å². The second kappa shape index (κ2) is 7.92. The molecule has 0 saturated carbocycles. The summed E-state index contributed by atoms with van der Waals surface area (Å²) < 4.78 is 11.7. The number of piperidine rings is 1. The molecule has 4 nitrogen and oxygen atoms in total. The van der Waals surface area contributed by atoms with Gasteiger partial charge in [-0.2, -0.15) is 0 Å². The Bertz CT molecular complexity index is 738. The van der Waals surface area contributed by atoms with Gasteiger partial charge in [-0.3, -0.25) is 4.79 Å². The number of amides is 1. The van der Waals surface area contributed by atoms with E-state index in [2.05, 4.69) is 12.1 Å². The van der Waals surface area contributed by atoms with Crippen LogP contribution in [0.15, 0.2) is 54.6 Å². The van der Waals surface area contributed by atoms with Gasteiger partial charge < -0.3 is 14.4 Å². The van der Waals surface area contributed by atoms with E-state index < -0.39 is 0 Å². The third-order valence-electron chi connectivity index (χ3n) is 5.33. The SMILES string of the molecule is O=C(CC1COCc2ccccc21)N1CCC(Oc2ccccc2)CC1. The molecule has 136 valence electrons. The molecule has 1 saturated heterocycles. The van der Waals surface area contributed by atoms with Gasteiger partial charge in [0.1, 0.15) is 11.9 Å². The van der Waals surface area contributed by atoms with Crippen molar-refractivity contribution in [2.24, 2.45) is 0 Å². The van der Waals surface area contributed by atoms with Crippen molar-refractivity contribution < 1.29 is 14.3 Å². The summed E-state index contributed by atoms with van der Waals surface area (Å²) in [6.45, 7) is 2.83. The molecule has 2 aliphatic rings. The minimum Gasteiger partial charge on any atom is -0.490 e. The van der Waals surface area contributed by atoms with E-state index in [0.717, 1.165) is 31.7 Å². The number of nitrogens with zero attached hydrogens (tertiary/aromatic N) is 1. The first-order valence-electron chi connectivity index (χ1n) is 9.44. The molecule has 4 heteroatoms. The number of rotatable bonds is 4. The molecule has 1 fully saturated rings.